The van der Waals surface area contributed by atoms with Crippen LogP contribution >= 0.6 is 0 Å². The van der Waals surface area contributed by atoms with E-state index in [4.69, 9.17) is 14.2 Å². The van der Waals surface area contributed by atoms with Crippen molar-refractivity contribution >= 4 is 9.84 Å². The van der Waals surface area contributed by atoms with Crippen LogP contribution < -0.4 is 9.47 Å². The SMILES string of the molecule is COCc1nnc(CS(=O)(=O)[C@@H](C)[C@H](C)c2cnc(C)cn2)n1-c1c(OC)ncnc1OC. The molecule has 0 fully saturated rings. The Balaban J connectivity index is 2.04. The van der Waals surface area contributed by atoms with Gasteiger partial charge in [0, 0.05) is 25.4 Å². The van der Waals surface area contributed by atoms with Crippen LogP contribution in [0.4, 0.5) is 0 Å². The average molecular weight is 478 g/mol. The number of rotatable bonds is 10. The summed E-state index contributed by atoms with van der Waals surface area (Å²) in [6, 6.07) is 0. The smallest absolute Gasteiger partial charge is 0.245 e. The molecular weight excluding hydrogens is 450 g/mol. The zero-order valence-corrected chi connectivity index (χ0v) is 20.2. The minimum atomic E-state index is -3.70. The molecule has 12 nitrogen and oxygen atoms in total. The van der Waals surface area contributed by atoms with Crippen molar-refractivity contribution in [3.8, 4) is 17.4 Å². The summed E-state index contributed by atoms with van der Waals surface area (Å²) in [6.45, 7) is 5.34. The Labute approximate surface area is 192 Å². The lowest BCUT2D eigenvalue weighted by Crippen LogP contribution is -2.27. The first-order valence-corrected chi connectivity index (χ1v) is 11.8. The number of nitrogens with zero attached hydrogens (tertiary/aromatic N) is 7. The topological polar surface area (TPSA) is 144 Å². The van der Waals surface area contributed by atoms with Crippen LogP contribution in [-0.4, -0.2) is 69.7 Å². The van der Waals surface area contributed by atoms with E-state index in [0.717, 1.165) is 5.69 Å². The third-order valence-electron chi connectivity index (χ3n) is 5.30. The van der Waals surface area contributed by atoms with E-state index in [1.165, 1.54) is 32.2 Å². The molecule has 33 heavy (non-hydrogen) atoms. The molecule has 3 rings (SSSR count). The van der Waals surface area contributed by atoms with Gasteiger partial charge < -0.3 is 14.2 Å². The molecule has 13 heteroatoms. The standard InChI is InChI=1S/C20H27N7O5S/c1-12-7-22-15(8-21-12)13(2)14(3)33(28,29)10-17-26-25-16(9-30-4)27(17)18-19(31-5)23-11-24-20(18)32-6/h7-8,11,13-14H,9-10H2,1-6H3/t13-,14-/m0/s1. The van der Waals surface area contributed by atoms with E-state index in [1.807, 2.05) is 6.92 Å². The Morgan fingerprint density at radius 2 is 1.58 bits per heavy atom. The van der Waals surface area contributed by atoms with E-state index in [1.54, 1.807) is 26.2 Å². The highest BCUT2D eigenvalue weighted by molar-refractivity contribution is 7.91. The highest BCUT2D eigenvalue weighted by Gasteiger charge is 2.32. The number of hydrogen-bond acceptors (Lipinski definition) is 11. The van der Waals surface area contributed by atoms with Crippen LogP contribution in [0.5, 0.6) is 11.8 Å². The van der Waals surface area contributed by atoms with E-state index in [2.05, 4.69) is 30.1 Å². The third-order valence-corrected chi connectivity index (χ3v) is 7.51. The molecule has 0 aromatic carbocycles. The molecule has 0 unspecified atom stereocenters. The molecule has 0 saturated carbocycles. The number of sulfone groups is 1. The fourth-order valence-corrected chi connectivity index (χ4v) is 4.84. The molecule has 178 valence electrons. The predicted molar refractivity (Wildman–Crippen MR) is 118 cm³/mol. The molecule has 0 aliphatic heterocycles. The minimum absolute atomic E-state index is 0.0686. The molecule has 2 atom stereocenters. The summed E-state index contributed by atoms with van der Waals surface area (Å²) in [7, 11) is 0.679. The summed E-state index contributed by atoms with van der Waals surface area (Å²) in [5, 5.41) is 7.49. The van der Waals surface area contributed by atoms with Crippen molar-refractivity contribution in [2.24, 2.45) is 0 Å². The first-order valence-electron chi connectivity index (χ1n) is 10.1. The van der Waals surface area contributed by atoms with Crippen molar-refractivity contribution in [3.63, 3.8) is 0 Å². The predicted octanol–water partition coefficient (Wildman–Crippen LogP) is 1.43. The van der Waals surface area contributed by atoms with Gasteiger partial charge in [-0.25, -0.2) is 8.42 Å². The minimum Gasteiger partial charge on any atom is -0.479 e. The van der Waals surface area contributed by atoms with Gasteiger partial charge >= 0.3 is 0 Å². The van der Waals surface area contributed by atoms with E-state index < -0.39 is 20.8 Å². The zero-order valence-electron chi connectivity index (χ0n) is 19.4. The van der Waals surface area contributed by atoms with Crippen molar-refractivity contribution in [1.82, 2.24) is 34.7 Å². The van der Waals surface area contributed by atoms with Crippen molar-refractivity contribution < 1.29 is 22.6 Å². The molecule has 0 radical (unpaired) electrons. The van der Waals surface area contributed by atoms with E-state index in [-0.39, 0.29) is 35.8 Å². The second-order valence-corrected chi connectivity index (χ2v) is 9.78. The van der Waals surface area contributed by atoms with Crippen molar-refractivity contribution in [2.45, 2.75) is 44.3 Å². The van der Waals surface area contributed by atoms with Gasteiger partial charge in [0.15, 0.2) is 27.2 Å². The summed E-state index contributed by atoms with van der Waals surface area (Å²) in [5.74, 6) is 0.0714. The lowest BCUT2D eigenvalue weighted by atomic mass is 10.1. The van der Waals surface area contributed by atoms with Gasteiger partial charge in [-0.2, -0.15) is 9.97 Å². The highest BCUT2D eigenvalue weighted by atomic mass is 32.2. The van der Waals surface area contributed by atoms with Gasteiger partial charge in [0.2, 0.25) is 11.8 Å². The number of aryl methyl sites for hydroxylation is 1. The second kappa shape index (κ2) is 10.2. The molecule has 3 aromatic rings. The van der Waals surface area contributed by atoms with Crippen LogP contribution in [0, 0.1) is 6.92 Å². The summed E-state index contributed by atoms with van der Waals surface area (Å²) in [5.41, 5.74) is 1.64. The molecule has 0 aliphatic carbocycles. The maximum atomic E-state index is 13.4. The van der Waals surface area contributed by atoms with Crippen LogP contribution in [0.3, 0.4) is 0 Å². The number of ether oxygens (including phenoxy) is 3. The highest BCUT2D eigenvalue weighted by Crippen LogP contribution is 2.32. The number of aromatic nitrogens is 7. The van der Waals surface area contributed by atoms with Gasteiger partial charge in [-0.15, -0.1) is 10.2 Å². The van der Waals surface area contributed by atoms with Gasteiger partial charge in [-0.1, -0.05) is 6.92 Å². The van der Waals surface area contributed by atoms with Crippen molar-refractivity contribution in [1.29, 1.82) is 0 Å². The molecule has 0 bridgehead atoms. The zero-order chi connectivity index (χ0) is 24.2. The molecule has 0 amide bonds. The maximum absolute atomic E-state index is 13.4. The van der Waals surface area contributed by atoms with Gasteiger partial charge in [0.05, 0.1) is 30.9 Å². The van der Waals surface area contributed by atoms with E-state index in [9.17, 15) is 8.42 Å². The van der Waals surface area contributed by atoms with E-state index in [0.29, 0.717) is 11.5 Å². The van der Waals surface area contributed by atoms with Gasteiger partial charge in [-0.3, -0.25) is 14.5 Å². The summed E-state index contributed by atoms with van der Waals surface area (Å²) in [4.78, 5) is 16.8. The van der Waals surface area contributed by atoms with Crippen LogP contribution in [0.25, 0.3) is 5.69 Å². The molecular formula is C20H27N7O5S. The molecule has 0 spiro atoms. The Morgan fingerprint density at radius 3 is 2.12 bits per heavy atom. The molecule has 3 heterocycles. The third kappa shape index (κ3) is 5.09. The monoisotopic (exact) mass is 477 g/mol. The number of methoxy groups -OCH3 is 3. The maximum Gasteiger partial charge on any atom is 0.245 e. The Kier molecular flexibility index (Phi) is 7.53. The quantitative estimate of drug-likeness (QED) is 0.418. The van der Waals surface area contributed by atoms with Gasteiger partial charge in [0.1, 0.15) is 18.7 Å². The first kappa shape index (κ1) is 24.5. The second-order valence-electron chi connectivity index (χ2n) is 7.43. The Morgan fingerprint density at radius 1 is 0.939 bits per heavy atom. The summed E-state index contributed by atoms with van der Waals surface area (Å²) in [6.07, 6.45) is 4.50. The fourth-order valence-electron chi connectivity index (χ4n) is 3.27. The van der Waals surface area contributed by atoms with Gasteiger partial charge in [0.25, 0.3) is 0 Å². The average Bonchev–Trinajstić information content (AvgIpc) is 3.18. The van der Waals surface area contributed by atoms with Crippen LogP contribution in [0.2, 0.25) is 0 Å². The summed E-state index contributed by atoms with van der Waals surface area (Å²) >= 11 is 0. The van der Waals surface area contributed by atoms with E-state index >= 15 is 0 Å². The van der Waals surface area contributed by atoms with Crippen molar-refractivity contribution in [3.05, 3.63) is 41.8 Å². The first-order chi connectivity index (χ1) is 15.7. The Hall–Kier alpha value is -3.19. The molecule has 0 aliphatic rings. The Bertz CT molecular complexity index is 1180. The number of hydrogen-bond donors (Lipinski definition) is 0. The van der Waals surface area contributed by atoms with Crippen LogP contribution in [0.1, 0.15) is 42.8 Å². The normalized spacial score (nSPS) is 13.5. The molecule has 3 aromatic heterocycles. The fraction of sp³-hybridized carbons (Fsp3) is 0.500. The largest absolute Gasteiger partial charge is 0.479 e. The molecule has 0 N–H and O–H groups in total. The summed E-state index contributed by atoms with van der Waals surface area (Å²) < 4.78 is 44.2. The van der Waals surface area contributed by atoms with Crippen LogP contribution in [0.15, 0.2) is 18.7 Å². The molecule has 0 saturated heterocycles. The van der Waals surface area contributed by atoms with Crippen molar-refractivity contribution in [2.75, 3.05) is 21.3 Å². The lowest BCUT2D eigenvalue weighted by Gasteiger charge is -2.20. The lowest BCUT2D eigenvalue weighted by molar-refractivity contribution is 0.176. The van der Waals surface area contributed by atoms with Gasteiger partial charge in [-0.05, 0) is 13.8 Å². The van der Waals surface area contributed by atoms with Crippen LogP contribution in [-0.2, 0) is 26.9 Å².